The van der Waals surface area contributed by atoms with E-state index in [0.717, 1.165) is 12.1 Å². The van der Waals surface area contributed by atoms with Crippen molar-refractivity contribution in [2.75, 3.05) is 6.61 Å². The predicted molar refractivity (Wildman–Crippen MR) is 54.5 cm³/mol. The smallest absolute Gasteiger partial charge is 0.159 e. The number of hydrogen-bond donors (Lipinski definition) is 2. The van der Waals surface area contributed by atoms with Crippen molar-refractivity contribution in [1.29, 1.82) is 0 Å². The van der Waals surface area contributed by atoms with E-state index in [4.69, 9.17) is 5.11 Å². The average Bonchev–Trinajstić information content (AvgIpc) is 2.21. The van der Waals surface area contributed by atoms with Crippen LogP contribution in [0, 0.1) is 11.6 Å². The van der Waals surface area contributed by atoms with Gasteiger partial charge in [-0.25, -0.2) is 8.78 Å². The molecule has 0 aromatic heterocycles. The molecule has 2 atom stereocenters. The summed E-state index contributed by atoms with van der Waals surface area (Å²) in [6.07, 6.45) is 0. The second-order valence-electron chi connectivity index (χ2n) is 3.65. The summed E-state index contributed by atoms with van der Waals surface area (Å²) in [5.74, 6) is -1.70. The van der Waals surface area contributed by atoms with Crippen molar-refractivity contribution < 1.29 is 13.9 Å². The van der Waals surface area contributed by atoms with Crippen molar-refractivity contribution in [2.45, 2.75) is 25.9 Å². The van der Waals surface area contributed by atoms with Gasteiger partial charge in [0, 0.05) is 12.1 Å². The van der Waals surface area contributed by atoms with Crippen LogP contribution in [0.25, 0.3) is 0 Å². The van der Waals surface area contributed by atoms with E-state index in [2.05, 4.69) is 5.32 Å². The van der Waals surface area contributed by atoms with Crippen molar-refractivity contribution in [3.05, 3.63) is 35.4 Å². The molecule has 15 heavy (non-hydrogen) atoms. The molecule has 0 amide bonds. The van der Waals surface area contributed by atoms with Crippen LogP contribution in [0.3, 0.4) is 0 Å². The molecule has 0 saturated heterocycles. The second-order valence-corrected chi connectivity index (χ2v) is 3.65. The Morgan fingerprint density at radius 2 is 1.93 bits per heavy atom. The molecule has 0 fully saturated rings. The van der Waals surface area contributed by atoms with Crippen LogP contribution in [0.5, 0.6) is 0 Å². The summed E-state index contributed by atoms with van der Waals surface area (Å²) >= 11 is 0. The molecule has 1 aromatic carbocycles. The van der Waals surface area contributed by atoms with Gasteiger partial charge in [-0.1, -0.05) is 6.07 Å². The van der Waals surface area contributed by atoms with Gasteiger partial charge in [-0.05, 0) is 31.5 Å². The molecule has 4 heteroatoms. The molecule has 0 saturated carbocycles. The highest BCUT2D eigenvalue weighted by Crippen LogP contribution is 2.16. The number of hydrogen-bond acceptors (Lipinski definition) is 2. The van der Waals surface area contributed by atoms with Crippen LogP contribution in [-0.4, -0.2) is 17.8 Å². The molecule has 0 aliphatic carbocycles. The topological polar surface area (TPSA) is 32.3 Å². The fourth-order valence-electron chi connectivity index (χ4n) is 1.36. The molecule has 0 aliphatic heterocycles. The van der Waals surface area contributed by atoms with Crippen LogP contribution in [-0.2, 0) is 0 Å². The normalized spacial score (nSPS) is 15.0. The number of nitrogens with one attached hydrogen (secondary N) is 1. The number of aliphatic hydroxyl groups excluding tert-OH is 1. The standard InChI is InChI=1S/C11H15F2NO/c1-7(6-15)14-8(2)9-3-4-10(12)11(13)5-9/h3-5,7-8,14-15H,6H2,1-2H3. The lowest BCUT2D eigenvalue weighted by Crippen LogP contribution is -2.31. The minimum atomic E-state index is -0.849. The lowest BCUT2D eigenvalue weighted by atomic mass is 10.1. The van der Waals surface area contributed by atoms with Gasteiger partial charge in [0.1, 0.15) is 0 Å². The van der Waals surface area contributed by atoms with E-state index in [-0.39, 0.29) is 18.7 Å². The van der Waals surface area contributed by atoms with E-state index in [9.17, 15) is 8.78 Å². The van der Waals surface area contributed by atoms with Crippen LogP contribution >= 0.6 is 0 Å². The number of aliphatic hydroxyl groups is 1. The summed E-state index contributed by atoms with van der Waals surface area (Å²) in [5.41, 5.74) is 0.661. The van der Waals surface area contributed by atoms with Gasteiger partial charge in [-0.3, -0.25) is 0 Å². The van der Waals surface area contributed by atoms with Crippen LogP contribution < -0.4 is 5.32 Å². The van der Waals surface area contributed by atoms with Crippen LogP contribution in [0.2, 0.25) is 0 Å². The summed E-state index contributed by atoms with van der Waals surface area (Å²) in [4.78, 5) is 0. The van der Waals surface area contributed by atoms with Gasteiger partial charge < -0.3 is 10.4 Å². The zero-order valence-electron chi connectivity index (χ0n) is 8.80. The fourth-order valence-corrected chi connectivity index (χ4v) is 1.36. The van der Waals surface area contributed by atoms with E-state index >= 15 is 0 Å². The first kappa shape index (κ1) is 12.1. The number of halogens is 2. The third-order valence-corrected chi connectivity index (χ3v) is 2.25. The summed E-state index contributed by atoms with van der Waals surface area (Å²) in [6, 6.07) is 3.60. The zero-order chi connectivity index (χ0) is 11.4. The van der Waals surface area contributed by atoms with E-state index in [1.54, 1.807) is 0 Å². The lowest BCUT2D eigenvalue weighted by molar-refractivity contribution is 0.243. The maximum absolute atomic E-state index is 12.9. The van der Waals surface area contributed by atoms with Gasteiger partial charge in [-0.15, -0.1) is 0 Å². The third-order valence-electron chi connectivity index (χ3n) is 2.25. The highest BCUT2D eigenvalue weighted by Gasteiger charge is 2.10. The van der Waals surface area contributed by atoms with E-state index < -0.39 is 11.6 Å². The molecule has 2 unspecified atom stereocenters. The van der Waals surface area contributed by atoms with Gasteiger partial charge >= 0.3 is 0 Å². The monoisotopic (exact) mass is 215 g/mol. The quantitative estimate of drug-likeness (QED) is 0.805. The molecule has 0 bridgehead atoms. The first-order chi connectivity index (χ1) is 7.04. The average molecular weight is 215 g/mol. The van der Waals surface area contributed by atoms with Crippen LogP contribution in [0.1, 0.15) is 25.5 Å². The maximum Gasteiger partial charge on any atom is 0.159 e. The van der Waals surface area contributed by atoms with E-state index in [1.165, 1.54) is 6.07 Å². The van der Waals surface area contributed by atoms with Crippen LogP contribution in [0.4, 0.5) is 8.78 Å². The molecule has 2 N–H and O–H groups in total. The largest absolute Gasteiger partial charge is 0.395 e. The minimum Gasteiger partial charge on any atom is -0.395 e. The molecule has 0 radical (unpaired) electrons. The summed E-state index contributed by atoms with van der Waals surface area (Å²) in [5, 5.41) is 11.9. The Morgan fingerprint density at radius 3 is 2.47 bits per heavy atom. The maximum atomic E-state index is 12.9. The molecular formula is C11H15F2NO. The molecule has 1 rings (SSSR count). The van der Waals surface area contributed by atoms with Crippen molar-refractivity contribution in [3.63, 3.8) is 0 Å². The first-order valence-electron chi connectivity index (χ1n) is 4.86. The number of rotatable bonds is 4. The van der Waals surface area contributed by atoms with Crippen molar-refractivity contribution in [1.82, 2.24) is 5.32 Å². The Morgan fingerprint density at radius 1 is 1.27 bits per heavy atom. The summed E-state index contributed by atoms with van der Waals surface area (Å²) in [6.45, 7) is 3.66. The van der Waals surface area contributed by atoms with Crippen molar-refractivity contribution >= 4 is 0 Å². The molecule has 1 aromatic rings. The molecule has 2 nitrogen and oxygen atoms in total. The Bertz CT molecular complexity index is 330. The van der Waals surface area contributed by atoms with Gasteiger partial charge in [-0.2, -0.15) is 0 Å². The van der Waals surface area contributed by atoms with Crippen LogP contribution in [0.15, 0.2) is 18.2 Å². The van der Waals surface area contributed by atoms with Gasteiger partial charge in [0.2, 0.25) is 0 Å². The Kier molecular flexibility index (Phi) is 4.17. The zero-order valence-corrected chi connectivity index (χ0v) is 8.80. The SMILES string of the molecule is CC(CO)NC(C)c1ccc(F)c(F)c1. The molecule has 0 heterocycles. The van der Waals surface area contributed by atoms with Gasteiger partial charge in [0.25, 0.3) is 0 Å². The van der Waals surface area contributed by atoms with Crippen molar-refractivity contribution in [3.8, 4) is 0 Å². The first-order valence-corrected chi connectivity index (χ1v) is 4.86. The highest BCUT2D eigenvalue weighted by atomic mass is 19.2. The molecule has 84 valence electrons. The van der Waals surface area contributed by atoms with Gasteiger partial charge in [0.15, 0.2) is 11.6 Å². The van der Waals surface area contributed by atoms with Gasteiger partial charge in [0.05, 0.1) is 6.61 Å². The second kappa shape index (κ2) is 5.19. The molecule has 0 spiro atoms. The Labute approximate surface area is 87.9 Å². The Hall–Kier alpha value is -1.00. The number of benzene rings is 1. The predicted octanol–water partition coefficient (Wildman–Crippen LogP) is 2.00. The summed E-state index contributed by atoms with van der Waals surface area (Å²) in [7, 11) is 0. The summed E-state index contributed by atoms with van der Waals surface area (Å²) < 4.78 is 25.6. The molecule has 0 aliphatic rings. The minimum absolute atomic E-state index is 0.00795. The fraction of sp³-hybridized carbons (Fsp3) is 0.455. The van der Waals surface area contributed by atoms with E-state index in [1.807, 2.05) is 13.8 Å². The Balaban J connectivity index is 2.73. The molecular weight excluding hydrogens is 200 g/mol. The van der Waals surface area contributed by atoms with E-state index in [0.29, 0.717) is 5.56 Å². The highest BCUT2D eigenvalue weighted by molar-refractivity contribution is 5.20. The van der Waals surface area contributed by atoms with Crippen molar-refractivity contribution in [2.24, 2.45) is 0 Å². The lowest BCUT2D eigenvalue weighted by Gasteiger charge is -2.18. The third kappa shape index (κ3) is 3.25.